The van der Waals surface area contributed by atoms with Crippen LogP contribution in [0.25, 0.3) is 0 Å². The van der Waals surface area contributed by atoms with Crippen molar-refractivity contribution >= 4 is 11.9 Å². The predicted octanol–water partition coefficient (Wildman–Crippen LogP) is 0.932. The molecule has 0 unspecified atom stereocenters. The first-order valence-corrected chi connectivity index (χ1v) is 7.71. The van der Waals surface area contributed by atoms with Crippen LogP contribution in [0, 0.1) is 0 Å². The second kappa shape index (κ2) is 8.05. The summed E-state index contributed by atoms with van der Waals surface area (Å²) in [4.78, 5) is 23.6. The van der Waals surface area contributed by atoms with Gasteiger partial charge in [-0.3, -0.25) is 20.4 Å². The molecule has 0 spiro atoms. The lowest BCUT2D eigenvalue weighted by Crippen LogP contribution is -2.46. The zero-order chi connectivity index (χ0) is 16.7. The zero-order valence-corrected chi connectivity index (χ0v) is 13.6. The minimum atomic E-state index is -0.389. The summed E-state index contributed by atoms with van der Waals surface area (Å²) in [7, 11) is 0. The molecule has 0 aliphatic carbocycles. The number of hydrogen-bond acceptors (Lipinski definition) is 5. The lowest BCUT2D eigenvalue weighted by atomic mass is 9.95. The Morgan fingerprint density at radius 1 is 1.26 bits per heavy atom. The van der Waals surface area contributed by atoms with Gasteiger partial charge in [0.25, 0.3) is 0 Å². The van der Waals surface area contributed by atoms with Gasteiger partial charge in [-0.15, -0.1) is 0 Å². The summed E-state index contributed by atoms with van der Waals surface area (Å²) >= 11 is 0. The van der Waals surface area contributed by atoms with E-state index in [4.69, 9.17) is 4.74 Å². The van der Waals surface area contributed by atoms with Crippen LogP contribution in [0.1, 0.15) is 25.8 Å². The molecule has 7 heteroatoms. The Morgan fingerprint density at radius 3 is 2.65 bits per heavy atom. The summed E-state index contributed by atoms with van der Waals surface area (Å²) in [5.41, 5.74) is 7.52. The molecule has 1 aromatic rings. The zero-order valence-electron chi connectivity index (χ0n) is 13.6. The molecule has 2 rings (SSSR count). The van der Waals surface area contributed by atoms with Crippen LogP contribution in [0.15, 0.2) is 30.3 Å². The molecule has 1 heterocycles. The van der Waals surface area contributed by atoms with Gasteiger partial charge in [-0.1, -0.05) is 30.3 Å². The average Bonchev–Trinajstić information content (AvgIpc) is 2.85. The molecule has 1 aromatic carbocycles. The molecular formula is C16H24N4O3. The monoisotopic (exact) mass is 320 g/mol. The molecule has 126 valence electrons. The van der Waals surface area contributed by atoms with Gasteiger partial charge in [-0.25, -0.2) is 10.2 Å². The minimum absolute atomic E-state index is 0.0733. The number of carbonyl (C=O) groups is 2. The SMILES string of the molecule is CC(C)(NNCCCOCN1CC(=O)NC1=O)c1ccccc1. The maximum absolute atomic E-state index is 11.3. The number of hydrazine groups is 1. The normalized spacial score (nSPS) is 15.1. The van der Waals surface area contributed by atoms with Crippen LogP contribution in [0.2, 0.25) is 0 Å². The molecule has 1 fully saturated rings. The van der Waals surface area contributed by atoms with Crippen molar-refractivity contribution in [3.63, 3.8) is 0 Å². The lowest BCUT2D eigenvalue weighted by Gasteiger charge is -2.27. The Kier molecular flexibility index (Phi) is 6.09. The quantitative estimate of drug-likeness (QED) is 0.358. The van der Waals surface area contributed by atoms with E-state index in [-0.39, 0.29) is 30.8 Å². The Bertz CT molecular complexity index is 533. The highest BCUT2D eigenvalue weighted by molar-refractivity contribution is 6.01. The van der Waals surface area contributed by atoms with Crippen LogP contribution in [0.5, 0.6) is 0 Å². The topological polar surface area (TPSA) is 82.7 Å². The predicted molar refractivity (Wildman–Crippen MR) is 86.3 cm³/mol. The summed E-state index contributed by atoms with van der Waals surface area (Å²) in [5.74, 6) is -0.285. The first-order valence-electron chi connectivity index (χ1n) is 7.71. The van der Waals surface area contributed by atoms with Crippen molar-refractivity contribution in [1.29, 1.82) is 0 Å². The van der Waals surface area contributed by atoms with E-state index in [2.05, 4.69) is 42.1 Å². The lowest BCUT2D eigenvalue weighted by molar-refractivity contribution is -0.118. The second-order valence-corrected chi connectivity index (χ2v) is 5.98. The van der Waals surface area contributed by atoms with Crippen molar-refractivity contribution in [2.24, 2.45) is 0 Å². The summed E-state index contributed by atoms with van der Waals surface area (Å²) in [6.45, 7) is 5.67. The fourth-order valence-electron chi connectivity index (χ4n) is 2.24. The first kappa shape index (κ1) is 17.4. The fraction of sp³-hybridized carbons (Fsp3) is 0.500. The van der Waals surface area contributed by atoms with E-state index in [0.717, 1.165) is 13.0 Å². The summed E-state index contributed by atoms with van der Waals surface area (Å²) in [6.07, 6.45) is 0.793. The maximum atomic E-state index is 11.3. The van der Waals surface area contributed by atoms with Gasteiger partial charge in [0.2, 0.25) is 5.91 Å². The van der Waals surface area contributed by atoms with Crippen LogP contribution in [-0.2, 0) is 15.1 Å². The number of benzene rings is 1. The third-order valence-corrected chi connectivity index (χ3v) is 3.60. The fourth-order valence-corrected chi connectivity index (χ4v) is 2.24. The molecule has 0 bridgehead atoms. The van der Waals surface area contributed by atoms with Crippen LogP contribution in [-0.4, -0.2) is 43.3 Å². The molecule has 3 N–H and O–H groups in total. The standard InChI is InChI=1S/C16H24N4O3/c1-16(2,13-7-4-3-5-8-13)19-17-9-6-10-23-12-20-11-14(21)18-15(20)22/h3-5,7-8,17,19H,6,9-12H2,1-2H3,(H,18,21,22). The van der Waals surface area contributed by atoms with Crippen molar-refractivity contribution in [1.82, 2.24) is 21.1 Å². The number of nitrogens with zero attached hydrogens (tertiary/aromatic N) is 1. The number of ether oxygens (including phenoxy) is 1. The van der Waals surface area contributed by atoms with Crippen molar-refractivity contribution in [3.8, 4) is 0 Å². The van der Waals surface area contributed by atoms with Gasteiger partial charge in [0.05, 0.1) is 12.1 Å². The number of hydrogen-bond donors (Lipinski definition) is 3. The van der Waals surface area contributed by atoms with Crippen molar-refractivity contribution in [2.45, 2.75) is 25.8 Å². The molecule has 1 aliphatic heterocycles. The molecule has 1 aliphatic rings. The highest BCUT2D eigenvalue weighted by Crippen LogP contribution is 2.18. The summed E-state index contributed by atoms with van der Waals surface area (Å²) < 4.78 is 5.40. The number of rotatable bonds is 9. The number of amides is 3. The smallest absolute Gasteiger partial charge is 0.326 e. The van der Waals surface area contributed by atoms with Gasteiger partial charge in [0.15, 0.2) is 0 Å². The molecule has 0 atom stereocenters. The Labute approximate surface area is 136 Å². The van der Waals surface area contributed by atoms with Crippen LogP contribution in [0.4, 0.5) is 4.79 Å². The van der Waals surface area contributed by atoms with E-state index in [1.807, 2.05) is 18.2 Å². The Hall–Kier alpha value is -1.96. The van der Waals surface area contributed by atoms with E-state index >= 15 is 0 Å². The molecule has 23 heavy (non-hydrogen) atoms. The Morgan fingerprint density at radius 2 is 2.00 bits per heavy atom. The van der Waals surface area contributed by atoms with Crippen LogP contribution >= 0.6 is 0 Å². The maximum Gasteiger partial charge on any atom is 0.326 e. The molecule has 0 aromatic heterocycles. The van der Waals surface area contributed by atoms with Gasteiger partial charge in [0, 0.05) is 6.54 Å². The molecule has 7 nitrogen and oxygen atoms in total. The van der Waals surface area contributed by atoms with E-state index in [9.17, 15) is 9.59 Å². The van der Waals surface area contributed by atoms with E-state index in [0.29, 0.717) is 6.61 Å². The van der Waals surface area contributed by atoms with E-state index < -0.39 is 0 Å². The van der Waals surface area contributed by atoms with E-state index in [1.54, 1.807) is 0 Å². The minimum Gasteiger partial charge on any atom is -0.361 e. The molecular weight excluding hydrogens is 296 g/mol. The van der Waals surface area contributed by atoms with Crippen LogP contribution < -0.4 is 16.2 Å². The number of imide groups is 1. The van der Waals surface area contributed by atoms with Crippen molar-refractivity contribution in [2.75, 3.05) is 26.4 Å². The summed E-state index contributed by atoms with van der Waals surface area (Å²) in [5, 5.41) is 2.21. The Balaban J connectivity index is 1.56. The first-order chi connectivity index (χ1) is 11.0. The summed E-state index contributed by atoms with van der Waals surface area (Å²) in [6, 6.07) is 9.82. The average molecular weight is 320 g/mol. The number of carbonyl (C=O) groups excluding carboxylic acids is 2. The molecule has 0 radical (unpaired) electrons. The van der Waals surface area contributed by atoms with Gasteiger partial charge in [-0.05, 0) is 25.8 Å². The molecule has 3 amide bonds. The highest BCUT2D eigenvalue weighted by atomic mass is 16.5. The third kappa shape index (κ3) is 5.31. The van der Waals surface area contributed by atoms with E-state index in [1.165, 1.54) is 10.5 Å². The van der Waals surface area contributed by atoms with Gasteiger partial charge in [0.1, 0.15) is 13.3 Å². The largest absolute Gasteiger partial charge is 0.361 e. The van der Waals surface area contributed by atoms with Gasteiger partial charge >= 0.3 is 6.03 Å². The van der Waals surface area contributed by atoms with Gasteiger partial charge < -0.3 is 4.74 Å². The van der Waals surface area contributed by atoms with Gasteiger partial charge in [-0.2, -0.15) is 0 Å². The number of urea groups is 1. The molecule has 1 saturated heterocycles. The molecule has 0 saturated carbocycles. The second-order valence-electron chi connectivity index (χ2n) is 5.98. The third-order valence-electron chi connectivity index (χ3n) is 3.60. The highest BCUT2D eigenvalue weighted by Gasteiger charge is 2.26. The number of nitrogens with one attached hydrogen (secondary N) is 3. The van der Waals surface area contributed by atoms with Crippen molar-refractivity contribution in [3.05, 3.63) is 35.9 Å². The van der Waals surface area contributed by atoms with Crippen molar-refractivity contribution < 1.29 is 14.3 Å². The van der Waals surface area contributed by atoms with Crippen LogP contribution in [0.3, 0.4) is 0 Å².